The van der Waals surface area contributed by atoms with Crippen LogP contribution >= 0.6 is 0 Å². The monoisotopic (exact) mass is 255 g/mol. The van der Waals surface area contributed by atoms with Crippen LogP contribution in [0.15, 0.2) is 18.2 Å². The molecule has 1 aliphatic heterocycles. The van der Waals surface area contributed by atoms with Gasteiger partial charge in [0.05, 0.1) is 0 Å². The number of rotatable bonds is 1. The van der Waals surface area contributed by atoms with Crippen molar-refractivity contribution >= 4 is 5.82 Å². The Balaban J connectivity index is 2.17. The second-order valence-corrected chi connectivity index (χ2v) is 5.78. The molecular formula is C16H21N3. The number of nitrogen functional groups attached to an aromatic ring is 1. The van der Waals surface area contributed by atoms with Crippen LogP contribution in [0.5, 0.6) is 0 Å². The maximum Gasteiger partial charge on any atom is 0.131 e. The minimum Gasteiger partial charge on any atom is -0.383 e. The molecular weight excluding hydrogens is 234 g/mol. The summed E-state index contributed by atoms with van der Waals surface area (Å²) in [7, 11) is 0. The molecule has 3 heteroatoms. The zero-order chi connectivity index (χ0) is 13.6. The highest BCUT2D eigenvalue weighted by atomic mass is 15.1. The van der Waals surface area contributed by atoms with Crippen LogP contribution in [0, 0.1) is 19.8 Å². The maximum absolute atomic E-state index is 6.36. The third kappa shape index (κ3) is 1.93. The molecule has 0 spiro atoms. The van der Waals surface area contributed by atoms with E-state index in [0.717, 1.165) is 30.3 Å². The number of aryl methyl sites for hydroxylation is 3. The summed E-state index contributed by atoms with van der Waals surface area (Å²) in [6, 6.07) is 6.34. The number of fused-ring (bicyclic) bond motifs is 1. The molecule has 0 aliphatic carbocycles. The summed E-state index contributed by atoms with van der Waals surface area (Å²) in [5.74, 6) is 2.67. The van der Waals surface area contributed by atoms with Gasteiger partial charge < -0.3 is 10.3 Å². The Labute approximate surface area is 114 Å². The number of aromatic nitrogens is 2. The van der Waals surface area contributed by atoms with Crippen LogP contribution in [0.1, 0.15) is 30.3 Å². The molecule has 1 aromatic carbocycles. The molecule has 100 valence electrons. The molecule has 0 radical (unpaired) electrons. The summed E-state index contributed by atoms with van der Waals surface area (Å²) < 4.78 is 2.20. The minimum atomic E-state index is 0.690. The summed E-state index contributed by atoms with van der Waals surface area (Å²) in [6.07, 6.45) is 2.25. The zero-order valence-electron chi connectivity index (χ0n) is 11.9. The first-order valence-corrected chi connectivity index (χ1v) is 6.99. The average molecular weight is 255 g/mol. The normalized spacial score (nSPS) is 18.4. The highest BCUT2D eigenvalue weighted by Crippen LogP contribution is 2.34. The lowest BCUT2D eigenvalue weighted by molar-refractivity contribution is 0.397. The van der Waals surface area contributed by atoms with Crippen molar-refractivity contribution in [3.8, 4) is 11.3 Å². The van der Waals surface area contributed by atoms with Crippen LogP contribution in [0.4, 0.5) is 5.82 Å². The van der Waals surface area contributed by atoms with E-state index in [9.17, 15) is 0 Å². The van der Waals surface area contributed by atoms with Gasteiger partial charge in [-0.2, -0.15) is 0 Å². The number of hydrogen-bond acceptors (Lipinski definition) is 2. The molecule has 0 saturated heterocycles. The Morgan fingerprint density at radius 3 is 2.63 bits per heavy atom. The van der Waals surface area contributed by atoms with Crippen LogP contribution in [0.3, 0.4) is 0 Å². The van der Waals surface area contributed by atoms with E-state index in [1.807, 2.05) is 0 Å². The van der Waals surface area contributed by atoms with E-state index in [1.165, 1.54) is 23.1 Å². The van der Waals surface area contributed by atoms with Crippen molar-refractivity contribution in [3.05, 3.63) is 35.2 Å². The van der Waals surface area contributed by atoms with Crippen molar-refractivity contribution < 1.29 is 0 Å². The van der Waals surface area contributed by atoms with Crippen molar-refractivity contribution in [1.82, 2.24) is 9.55 Å². The molecule has 3 nitrogen and oxygen atoms in total. The summed E-state index contributed by atoms with van der Waals surface area (Å²) in [4.78, 5) is 4.81. The summed E-state index contributed by atoms with van der Waals surface area (Å²) in [5.41, 5.74) is 11.0. The molecule has 2 heterocycles. The largest absolute Gasteiger partial charge is 0.383 e. The van der Waals surface area contributed by atoms with Crippen LogP contribution in [0.2, 0.25) is 0 Å². The minimum absolute atomic E-state index is 0.690. The van der Waals surface area contributed by atoms with Crippen molar-refractivity contribution in [1.29, 1.82) is 0 Å². The number of nitrogens with zero attached hydrogens (tertiary/aromatic N) is 2. The van der Waals surface area contributed by atoms with Gasteiger partial charge in [0.1, 0.15) is 17.3 Å². The summed E-state index contributed by atoms with van der Waals surface area (Å²) in [5, 5.41) is 0. The van der Waals surface area contributed by atoms with Gasteiger partial charge in [-0.05, 0) is 37.3 Å². The standard InChI is InChI=1S/C16H21N3/c1-10-7-8-13-18-15(16(17)19(13)9-10)14-11(2)5-4-6-12(14)3/h4-6,10H,7-9,17H2,1-3H3. The van der Waals surface area contributed by atoms with Crippen LogP contribution in [0.25, 0.3) is 11.3 Å². The van der Waals surface area contributed by atoms with Crippen molar-refractivity contribution in [2.24, 2.45) is 5.92 Å². The molecule has 1 aromatic heterocycles. The number of nitrogens with two attached hydrogens (primary N) is 1. The molecule has 1 aliphatic rings. The molecule has 0 bridgehead atoms. The quantitative estimate of drug-likeness (QED) is 0.849. The fourth-order valence-corrected chi connectivity index (χ4v) is 3.06. The molecule has 19 heavy (non-hydrogen) atoms. The van der Waals surface area contributed by atoms with Crippen molar-refractivity contribution in [2.45, 2.75) is 40.2 Å². The zero-order valence-corrected chi connectivity index (χ0v) is 11.9. The van der Waals surface area contributed by atoms with Gasteiger partial charge in [-0.3, -0.25) is 0 Å². The fraction of sp³-hybridized carbons (Fsp3) is 0.438. The Hall–Kier alpha value is -1.77. The first-order valence-electron chi connectivity index (χ1n) is 6.99. The SMILES string of the molecule is Cc1cccc(C)c1-c1nc2n(c1N)CC(C)CC2. The third-order valence-electron chi connectivity index (χ3n) is 4.16. The number of hydrogen-bond donors (Lipinski definition) is 1. The second kappa shape index (κ2) is 4.41. The predicted molar refractivity (Wildman–Crippen MR) is 79.0 cm³/mol. The molecule has 1 atom stereocenters. The van der Waals surface area contributed by atoms with Gasteiger partial charge in [-0.1, -0.05) is 25.1 Å². The highest BCUT2D eigenvalue weighted by molar-refractivity contribution is 5.76. The topological polar surface area (TPSA) is 43.8 Å². The third-order valence-corrected chi connectivity index (χ3v) is 4.16. The van der Waals surface area contributed by atoms with Crippen molar-refractivity contribution in [2.75, 3.05) is 5.73 Å². The van der Waals surface area contributed by atoms with E-state index >= 15 is 0 Å². The van der Waals surface area contributed by atoms with E-state index in [-0.39, 0.29) is 0 Å². The lowest BCUT2D eigenvalue weighted by Crippen LogP contribution is -2.19. The Morgan fingerprint density at radius 2 is 1.95 bits per heavy atom. The van der Waals surface area contributed by atoms with Crippen LogP contribution < -0.4 is 5.73 Å². The molecule has 0 amide bonds. The van der Waals surface area contributed by atoms with Gasteiger partial charge in [0.2, 0.25) is 0 Å². The smallest absolute Gasteiger partial charge is 0.131 e. The highest BCUT2D eigenvalue weighted by Gasteiger charge is 2.23. The first kappa shape index (κ1) is 12.3. The maximum atomic E-state index is 6.36. The Bertz CT molecular complexity index is 605. The molecule has 0 fully saturated rings. The first-order chi connectivity index (χ1) is 9.08. The van der Waals surface area contributed by atoms with Crippen LogP contribution in [-0.4, -0.2) is 9.55 Å². The predicted octanol–water partition coefficient (Wildman–Crippen LogP) is 3.33. The molecule has 0 saturated carbocycles. The van der Waals surface area contributed by atoms with Gasteiger partial charge in [0.25, 0.3) is 0 Å². The number of benzene rings is 1. The number of anilines is 1. The molecule has 3 rings (SSSR count). The molecule has 2 aromatic rings. The van der Waals surface area contributed by atoms with Crippen LogP contribution in [-0.2, 0) is 13.0 Å². The van der Waals surface area contributed by atoms with Crippen molar-refractivity contribution in [3.63, 3.8) is 0 Å². The molecule has 2 N–H and O–H groups in total. The van der Waals surface area contributed by atoms with Gasteiger partial charge in [-0.15, -0.1) is 0 Å². The van der Waals surface area contributed by atoms with E-state index in [4.69, 9.17) is 10.7 Å². The summed E-state index contributed by atoms with van der Waals surface area (Å²) >= 11 is 0. The van der Waals surface area contributed by atoms with Gasteiger partial charge in [0.15, 0.2) is 0 Å². The van der Waals surface area contributed by atoms with Gasteiger partial charge in [0, 0.05) is 18.5 Å². The lowest BCUT2D eigenvalue weighted by atomic mass is 10.00. The Kier molecular flexibility index (Phi) is 2.85. The second-order valence-electron chi connectivity index (χ2n) is 5.78. The average Bonchev–Trinajstić information content (AvgIpc) is 2.67. The number of imidazole rings is 1. The fourth-order valence-electron chi connectivity index (χ4n) is 3.06. The van der Waals surface area contributed by atoms with Gasteiger partial charge in [-0.25, -0.2) is 4.98 Å². The Morgan fingerprint density at radius 1 is 1.26 bits per heavy atom. The van der Waals surface area contributed by atoms with E-state index in [2.05, 4.69) is 43.5 Å². The van der Waals surface area contributed by atoms with Gasteiger partial charge >= 0.3 is 0 Å². The summed E-state index contributed by atoms with van der Waals surface area (Å²) in [6.45, 7) is 7.53. The van der Waals surface area contributed by atoms with E-state index in [1.54, 1.807) is 0 Å². The lowest BCUT2D eigenvalue weighted by Gasteiger charge is -2.20. The molecule has 1 unspecified atom stereocenters. The van der Waals surface area contributed by atoms with E-state index < -0.39 is 0 Å². The van der Waals surface area contributed by atoms with E-state index in [0.29, 0.717) is 5.92 Å².